The van der Waals surface area contributed by atoms with Crippen LogP contribution in [0.15, 0.2) is 6.20 Å². The molecule has 1 aliphatic heterocycles. The standard InChI is InChI=1S/C12H16F3N3OS/c1-2-10(19)17-8-4-3-5-18(7-8)11-16-6-9(20-11)12(13,14)15/h6,8H,2-5,7H2,1H3,(H,17,19). The minimum atomic E-state index is -4.35. The van der Waals surface area contributed by atoms with Crippen LogP contribution in [0.3, 0.4) is 0 Å². The van der Waals surface area contributed by atoms with Crippen molar-refractivity contribution in [3.8, 4) is 0 Å². The molecule has 0 bridgehead atoms. The predicted molar refractivity (Wildman–Crippen MR) is 70.8 cm³/mol. The third-order valence-electron chi connectivity index (χ3n) is 3.15. The van der Waals surface area contributed by atoms with Crippen LogP contribution in [-0.4, -0.2) is 30.0 Å². The summed E-state index contributed by atoms with van der Waals surface area (Å²) >= 11 is 0.650. The second-order valence-electron chi connectivity index (χ2n) is 4.71. The van der Waals surface area contributed by atoms with E-state index < -0.39 is 11.1 Å². The average Bonchev–Trinajstić information content (AvgIpc) is 2.88. The molecule has 0 aromatic carbocycles. The molecule has 8 heteroatoms. The van der Waals surface area contributed by atoms with E-state index in [1.807, 2.05) is 4.90 Å². The molecule has 1 unspecified atom stereocenters. The Hall–Kier alpha value is -1.31. The number of halogens is 3. The fourth-order valence-electron chi connectivity index (χ4n) is 2.14. The minimum absolute atomic E-state index is 0.0190. The number of alkyl halides is 3. The summed E-state index contributed by atoms with van der Waals surface area (Å²) in [4.78, 5) is 16.3. The van der Waals surface area contributed by atoms with Gasteiger partial charge in [0.2, 0.25) is 5.91 Å². The van der Waals surface area contributed by atoms with Gasteiger partial charge in [-0.1, -0.05) is 18.3 Å². The molecule has 0 aliphatic carbocycles. The summed E-state index contributed by atoms with van der Waals surface area (Å²) < 4.78 is 37.7. The molecule has 0 radical (unpaired) electrons. The van der Waals surface area contributed by atoms with Gasteiger partial charge in [-0.15, -0.1) is 0 Å². The summed E-state index contributed by atoms with van der Waals surface area (Å²) in [5, 5.41) is 3.25. The average molecular weight is 307 g/mol. The highest BCUT2D eigenvalue weighted by Gasteiger charge is 2.34. The Bertz CT molecular complexity index is 475. The number of carbonyl (C=O) groups is 1. The van der Waals surface area contributed by atoms with Crippen LogP contribution in [0.25, 0.3) is 0 Å². The number of hydrogen-bond acceptors (Lipinski definition) is 4. The monoisotopic (exact) mass is 307 g/mol. The maximum Gasteiger partial charge on any atom is 0.427 e. The quantitative estimate of drug-likeness (QED) is 0.934. The van der Waals surface area contributed by atoms with Gasteiger partial charge in [0.05, 0.1) is 6.20 Å². The molecule has 1 saturated heterocycles. The first-order chi connectivity index (χ1) is 9.40. The Balaban J connectivity index is 2.02. The van der Waals surface area contributed by atoms with Crippen LogP contribution in [0.4, 0.5) is 18.3 Å². The summed E-state index contributed by atoms with van der Waals surface area (Å²) in [5.74, 6) is -0.0352. The van der Waals surface area contributed by atoms with Gasteiger partial charge in [-0.25, -0.2) is 4.98 Å². The number of carbonyl (C=O) groups excluding carboxylic acids is 1. The Kier molecular flexibility index (Phi) is 4.52. The molecule has 20 heavy (non-hydrogen) atoms. The minimum Gasteiger partial charge on any atom is -0.352 e. The Labute approximate surface area is 119 Å². The number of thiazole rings is 1. The largest absolute Gasteiger partial charge is 0.427 e. The number of anilines is 1. The summed E-state index contributed by atoms with van der Waals surface area (Å²) in [6.07, 6.45) is -1.39. The second kappa shape index (κ2) is 5.99. The molecule has 1 aliphatic rings. The number of rotatable bonds is 3. The van der Waals surface area contributed by atoms with Crippen LogP contribution in [0.1, 0.15) is 31.1 Å². The van der Waals surface area contributed by atoms with Crippen LogP contribution in [0, 0.1) is 0 Å². The molecule has 1 aromatic heterocycles. The van der Waals surface area contributed by atoms with Gasteiger partial charge >= 0.3 is 6.18 Å². The molecule has 2 heterocycles. The van der Waals surface area contributed by atoms with Gasteiger partial charge in [-0.3, -0.25) is 4.79 Å². The first kappa shape index (κ1) is 15.1. The van der Waals surface area contributed by atoms with E-state index in [2.05, 4.69) is 10.3 Å². The van der Waals surface area contributed by atoms with Crippen LogP contribution < -0.4 is 10.2 Å². The van der Waals surface area contributed by atoms with E-state index in [-0.39, 0.29) is 11.9 Å². The maximum absolute atomic E-state index is 12.6. The van der Waals surface area contributed by atoms with Gasteiger partial charge in [-0.05, 0) is 12.8 Å². The maximum atomic E-state index is 12.6. The van der Waals surface area contributed by atoms with E-state index in [4.69, 9.17) is 0 Å². The summed E-state index contributed by atoms with van der Waals surface area (Å²) in [6, 6.07) is -0.0190. The number of nitrogens with zero attached hydrogens (tertiary/aromatic N) is 2. The number of amides is 1. The summed E-state index contributed by atoms with van der Waals surface area (Å²) in [7, 11) is 0. The molecule has 1 N–H and O–H groups in total. The molecule has 112 valence electrons. The van der Waals surface area contributed by atoms with Gasteiger partial charge in [-0.2, -0.15) is 13.2 Å². The molecule has 2 rings (SSSR count). The zero-order valence-corrected chi connectivity index (χ0v) is 11.9. The molecule has 0 saturated carbocycles. The second-order valence-corrected chi connectivity index (χ2v) is 5.72. The highest BCUT2D eigenvalue weighted by Crippen LogP contribution is 2.36. The first-order valence-electron chi connectivity index (χ1n) is 6.47. The number of piperidine rings is 1. The topological polar surface area (TPSA) is 45.2 Å². The normalized spacial score (nSPS) is 20.0. The third-order valence-corrected chi connectivity index (χ3v) is 4.25. The Morgan fingerprint density at radius 3 is 2.95 bits per heavy atom. The highest BCUT2D eigenvalue weighted by atomic mass is 32.1. The van der Waals surface area contributed by atoms with Crippen LogP contribution in [0.5, 0.6) is 0 Å². The smallest absolute Gasteiger partial charge is 0.352 e. The van der Waals surface area contributed by atoms with Gasteiger partial charge in [0.25, 0.3) is 0 Å². The zero-order valence-electron chi connectivity index (χ0n) is 11.0. The van der Waals surface area contributed by atoms with Crippen molar-refractivity contribution in [3.63, 3.8) is 0 Å². The van der Waals surface area contributed by atoms with Crippen molar-refractivity contribution in [1.29, 1.82) is 0 Å². The van der Waals surface area contributed by atoms with Crippen molar-refractivity contribution in [2.24, 2.45) is 0 Å². The number of aromatic nitrogens is 1. The van der Waals surface area contributed by atoms with Gasteiger partial charge in [0.1, 0.15) is 4.88 Å². The summed E-state index contributed by atoms with van der Waals surface area (Å²) in [6.45, 7) is 2.95. The Morgan fingerprint density at radius 1 is 1.60 bits per heavy atom. The molecule has 4 nitrogen and oxygen atoms in total. The Morgan fingerprint density at radius 2 is 2.35 bits per heavy atom. The first-order valence-corrected chi connectivity index (χ1v) is 7.29. The molecule has 0 spiro atoms. The molecule has 1 fully saturated rings. The van der Waals surface area contributed by atoms with E-state index in [1.165, 1.54) is 0 Å². The predicted octanol–water partition coefficient (Wildman–Crippen LogP) is 2.66. The molecule has 1 atom stereocenters. The summed E-state index contributed by atoms with van der Waals surface area (Å²) in [5.41, 5.74) is 0. The lowest BCUT2D eigenvalue weighted by atomic mass is 10.1. The molecule has 1 aromatic rings. The van der Waals surface area contributed by atoms with Gasteiger partial charge < -0.3 is 10.2 Å². The fraction of sp³-hybridized carbons (Fsp3) is 0.667. The fourth-order valence-corrected chi connectivity index (χ4v) is 2.96. The number of hydrogen-bond donors (Lipinski definition) is 1. The van der Waals surface area contributed by atoms with E-state index in [9.17, 15) is 18.0 Å². The SMILES string of the molecule is CCC(=O)NC1CCCN(c2ncc(C(F)(F)F)s2)C1. The van der Waals surface area contributed by atoms with Crippen molar-refractivity contribution < 1.29 is 18.0 Å². The molecule has 1 amide bonds. The van der Waals surface area contributed by atoms with E-state index in [0.29, 0.717) is 36.0 Å². The van der Waals surface area contributed by atoms with Crippen molar-refractivity contribution in [2.45, 2.75) is 38.4 Å². The van der Waals surface area contributed by atoms with Crippen LogP contribution >= 0.6 is 11.3 Å². The molecular weight excluding hydrogens is 291 g/mol. The van der Waals surface area contributed by atoms with Crippen molar-refractivity contribution in [3.05, 3.63) is 11.1 Å². The van der Waals surface area contributed by atoms with Gasteiger partial charge in [0.15, 0.2) is 5.13 Å². The van der Waals surface area contributed by atoms with E-state index in [0.717, 1.165) is 19.0 Å². The third kappa shape index (κ3) is 3.62. The lowest BCUT2D eigenvalue weighted by Crippen LogP contribution is -2.47. The molecular formula is C12H16F3N3OS. The van der Waals surface area contributed by atoms with Crippen molar-refractivity contribution in [1.82, 2.24) is 10.3 Å². The van der Waals surface area contributed by atoms with Crippen LogP contribution in [0.2, 0.25) is 0 Å². The van der Waals surface area contributed by atoms with E-state index in [1.54, 1.807) is 6.92 Å². The zero-order chi connectivity index (χ0) is 14.8. The van der Waals surface area contributed by atoms with Crippen LogP contribution in [-0.2, 0) is 11.0 Å². The van der Waals surface area contributed by atoms with E-state index >= 15 is 0 Å². The van der Waals surface area contributed by atoms with Crippen molar-refractivity contribution in [2.75, 3.05) is 18.0 Å². The lowest BCUT2D eigenvalue weighted by molar-refractivity contribution is -0.134. The number of nitrogens with one attached hydrogen (secondary N) is 1. The lowest BCUT2D eigenvalue weighted by Gasteiger charge is -2.32. The van der Waals surface area contributed by atoms with Crippen molar-refractivity contribution >= 4 is 22.4 Å². The van der Waals surface area contributed by atoms with Gasteiger partial charge in [0, 0.05) is 25.6 Å². The highest BCUT2D eigenvalue weighted by molar-refractivity contribution is 7.15.